The van der Waals surface area contributed by atoms with E-state index in [2.05, 4.69) is 27.9 Å². The third-order valence-electron chi connectivity index (χ3n) is 5.37. The largest absolute Gasteiger partial charge is 0.354 e. The molecule has 0 aliphatic carbocycles. The molecule has 146 valence electrons. The average Bonchev–Trinajstić information content (AvgIpc) is 3.15. The van der Waals surface area contributed by atoms with E-state index in [4.69, 9.17) is 9.97 Å². The molecule has 29 heavy (non-hydrogen) atoms. The van der Waals surface area contributed by atoms with E-state index < -0.39 is 0 Å². The Balaban J connectivity index is 1.56. The van der Waals surface area contributed by atoms with Gasteiger partial charge in [0.05, 0.1) is 17.2 Å². The molecule has 1 fully saturated rings. The quantitative estimate of drug-likeness (QED) is 0.539. The number of benzene rings is 1. The predicted octanol–water partition coefficient (Wildman–Crippen LogP) is 3.37. The Labute approximate surface area is 168 Å². The van der Waals surface area contributed by atoms with Crippen LogP contribution in [0.25, 0.3) is 28.1 Å². The zero-order chi connectivity index (χ0) is 19.8. The van der Waals surface area contributed by atoms with Gasteiger partial charge in [0.25, 0.3) is 0 Å². The van der Waals surface area contributed by atoms with Crippen molar-refractivity contribution in [3.8, 4) is 17.1 Å². The van der Waals surface area contributed by atoms with E-state index in [1.807, 2.05) is 22.9 Å². The van der Waals surface area contributed by atoms with Crippen molar-refractivity contribution in [2.24, 2.45) is 0 Å². The van der Waals surface area contributed by atoms with Crippen molar-refractivity contribution in [1.29, 1.82) is 0 Å². The van der Waals surface area contributed by atoms with Gasteiger partial charge < -0.3 is 9.80 Å². The lowest BCUT2D eigenvalue weighted by molar-refractivity contribution is 0.312. The van der Waals surface area contributed by atoms with Crippen LogP contribution in [-0.2, 0) is 0 Å². The molecule has 0 spiro atoms. The minimum absolute atomic E-state index is 0.268. The summed E-state index contributed by atoms with van der Waals surface area (Å²) in [6, 6.07) is 12.4. The lowest BCUT2D eigenvalue weighted by atomic mass is 10.2. The maximum Gasteiger partial charge on any atom is 0.147 e. The van der Waals surface area contributed by atoms with Crippen LogP contribution in [0.5, 0.6) is 0 Å². The van der Waals surface area contributed by atoms with Gasteiger partial charge in [0.15, 0.2) is 0 Å². The van der Waals surface area contributed by atoms with Crippen LogP contribution in [0, 0.1) is 5.82 Å². The van der Waals surface area contributed by atoms with Crippen molar-refractivity contribution in [3.63, 3.8) is 0 Å². The van der Waals surface area contributed by atoms with Crippen molar-refractivity contribution in [2.75, 3.05) is 38.1 Å². The Hall–Kier alpha value is -3.32. The number of anilines is 1. The maximum atomic E-state index is 13.5. The van der Waals surface area contributed by atoms with E-state index in [9.17, 15) is 4.39 Å². The number of rotatable bonds is 3. The van der Waals surface area contributed by atoms with E-state index in [0.717, 1.165) is 60.1 Å². The summed E-state index contributed by atoms with van der Waals surface area (Å²) in [6.07, 6.45) is 5.37. The second-order valence-electron chi connectivity index (χ2n) is 7.31. The van der Waals surface area contributed by atoms with Gasteiger partial charge in [-0.3, -0.25) is 9.55 Å². The van der Waals surface area contributed by atoms with Crippen molar-refractivity contribution in [1.82, 2.24) is 24.4 Å². The van der Waals surface area contributed by atoms with Gasteiger partial charge in [-0.05, 0) is 49.5 Å². The number of hydrogen-bond donors (Lipinski definition) is 0. The molecule has 1 aliphatic heterocycles. The number of hydrogen-bond acceptors (Lipinski definition) is 5. The fourth-order valence-corrected chi connectivity index (χ4v) is 3.71. The molecule has 0 saturated carbocycles. The third kappa shape index (κ3) is 3.34. The molecule has 0 bridgehead atoms. The molecular weight excluding hydrogens is 367 g/mol. The van der Waals surface area contributed by atoms with Crippen molar-refractivity contribution < 1.29 is 4.39 Å². The molecule has 3 aromatic heterocycles. The lowest BCUT2D eigenvalue weighted by Crippen LogP contribution is -2.44. The van der Waals surface area contributed by atoms with E-state index >= 15 is 0 Å². The normalized spacial score (nSPS) is 15.2. The van der Waals surface area contributed by atoms with Crippen molar-refractivity contribution >= 4 is 16.9 Å². The minimum atomic E-state index is -0.268. The van der Waals surface area contributed by atoms with Crippen LogP contribution in [0.3, 0.4) is 0 Å². The molecular formula is C22H21FN6. The number of imidazole rings is 1. The van der Waals surface area contributed by atoms with Gasteiger partial charge in [-0.1, -0.05) is 0 Å². The summed E-state index contributed by atoms with van der Waals surface area (Å²) < 4.78 is 15.5. The summed E-state index contributed by atoms with van der Waals surface area (Å²) in [6.45, 7) is 4.03. The van der Waals surface area contributed by atoms with Crippen LogP contribution in [0.1, 0.15) is 0 Å². The molecule has 6 nitrogen and oxygen atoms in total. The molecule has 7 heteroatoms. The van der Waals surface area contributed by atoms with Gasteiger partial charge in [-0.25, -0.2) is 14.4 Å². The van der Waals surface area contributed by atoms with E-state index in [0.29, 0.717) is 0 Å². The van der Waals surface area contributed by atoms with Gasteiger partial charge in [-0.15, -0.1) is 0 Å². The highest BCUT2D eigenvalue weighted by molar-refractivity contribution is 5.82. The topological polar surface area (TPSA) is 50.1 Å². The third-order valence-corrected chi connectivity index (χ3v) is 5.37. The summed E-state index contributed by atoms with van der Waals surface area (Å²) in [5.74, 6) is 1.47. The van der Waals surface area contributed by atoms with Crippen LogP contribution < -0.4 is 4.90 Å². The molecule has 0 unspecified atom stereocenters. The zero-order valence-corrected chi connectivity index (χ0v) is 16.2. The summed E-state index contributed by atoms with van der Waals surface area (Å²) >= 11 is 0. The Kier molecular flexibility index (Phi) is 4.44. The molecule has 1 aliphatic rings. The van der Waals surface area contributed by atoms with E-state index in [1.54, 1.807) is 24.5 Å². The van der Waals surface area contributed by atoms with E-state index in [1.165, 1.54) is 12.1 Å². The fourth-order valence-electron chi connectivity index (χ4n) is 3.71. The van der Waals surface area contributed by atoms with Crippen molar-refractivity contribution in [2.45, 2.75) is 0 Å². The molecule has 4 aromatic rings. The van der Waals surface area contributed by atoms with Crippen LogP contribution in [0.2, 0.25) is 0 Å². The van der Waals surface area contributed by atoms with Crippen LogP contribution in [0.4, 0.5) is 10.2 Å². The van der Waals surface area contributed by atoms with Gasteiger partial charge in [0.1, 0.15) is 17.5 Å². The van der Waals surface area contributed by atoms with Gasteiger partial charge in [0, 0.05) is 49.8 Å². The average molecular weight is 388 g/mol. The second-order valence-corrected chi connectivity index (χ2v) is 7.31. The molecule has 4 heterocycles. The Bertz CT molecular complexity index is 1130. The van der Waals surface area contributed by atoms with Crippen LogP contribution in [-0.4, -0.2) is 57.6 Å². The number of fused-ring (bicyclic) bond motifs is 1. The first-order valence-corrected chi connectivity index (χ1v) is 9.67. The standard InChI is InChI=1S/C22H21FN6/c1-27-10-12-28(13-11-27)21-7-2-16(14-25-21)22-26-19-8-9-24-15-20(19)29(22)18-5-3-17(23)4-6-18/h2-9,14-15H,10-13H2,1H3. The van der Waals surface area contributed by atoms with Gasteiger partial charge in [-0.2, -0.15) is 0 Å². The number of pyridine rings is 2. The summed E-state index contributed by atoms with van der Waals surface area (Å²) in [7, 11) is 2.14. The maximum absolute atomic E-state index is 13.5. The molecule has 0 radical (unpaired) electrons. The summed E-state index contributed by atoms with van der Waals surface area (Å²) in [4.78, 5) is 18.4. The molecule has 1 aromatic carbocycles. The Morgan fingerprint density at radius 1 is 0.897 bits per heavy atom. The number of halogens is 1. The van der Waals surface area contributed by atoms with Crippen LogP contribution >= 0.6 is 0 Å². The second kappa shape index (κ2) is 7.25. The van der Waals surface area contributed by atoms with Gasteiger partial charge in [0.2, 0.25) is 0 Å². The van der Waals surface area contributed by atoms with Crippen molar-refractivity contribution in [3.05, 3.63) is 66.9 Å². The molecule has 0 amide bonds. The fraction of sp³-hybridized carbons (Fsp3) is 0.227. The molecule has 0 N–H and O–H groups in total. The Morgan fingerprint density at radius 3 is 2.41 bits per heavy atom. The first-order chi connectivity index (χ1) is 14.2. The number of piperazine rings is 1. The smallest absolute Gasteiger partial charge is 0.147 e. The Morgan fingerprint density at radius 2 is 1.69 bits per heavy atom. The minimum Gasteiger partial charge on any atom is -0.354 e. The monoisotopic (exact) mass is 388 g/mol. The molecule has 5 rings (SSSR count). The first kappa shape index (κ1) is 17.8. The lowest BCUT2D eigenvalue weighted by Gasteiger charge is -2.33. The SMILES string of the molecule is CN1CCN(c2ccc(-c3nc4ccncc4n3-c3ccc(F)cc3)cn2)CC1. The summed E-state index contributed by atoms with van der Waals surface area (Å²) in [5.41, 5.74) is 3.45. The molecule has 1 saturated heterocycles. The number of aromatic nitrogens is 4. The summed E-state index contributed by atoms with van der Waals surface area (Å²) in [5, 5.41) is 0. The molecule has 0 atom stereocenters. The highest BCUT2D eigenvalue weighted by atomic mass is 19.1. The van der Waals surface area contributed by atoms with E-state index in [-0.39, 0.29) is 5.82 Å². The van der Waals surface area contributed by atoms with Crippen LogP contribution in [0.15, 0.2) is 61.1 Å². The van der Waals surface area contributed by atoms with Gasteiger partial charge >= 0.3 is 0 Å². The highest BCUT2D eigenvalue weighted by Crippen LogP contribution is 2.29. The zero-order valence-electron chi connectivity index (χ0n) is 16.2. The number of likely N-dealkylation sites (N-methyl/N-ethyl adjacent to an activating group) is 1. The number of nitrogens with zero attached hydrogens (tertiary/aromatic N) is 6. The highest BCUT2D eigenvalue weighted by Gasteiger charge is 2.18. The predicted molar refractivity (Wildman–Crippen MR) is 112 cm³/mol. The first-order valence-electron chi connectivity index (χ1n) is 9.67.